The largest absolute Gasteiger partial charge is 0.417 e. The third-order valence-electron chi connectivity index (χ3n) is 2.15. The fourth-order valence-electron chi connectivity index (χ4n) is 1.42. The summed E-state index contributed by atoms with van der Waals surface area (Å²) in [7, 11) is 0. The second-order valence-corrected chi connectivity index (χ2v) is 3.78. The second-order valence-electron chi connectivity index (χ2n) is 3.39. The van der Waals surface area contributed by atoms with Gasteiger partial charge in [0.15, 0.2) is 5.82 Å². The molecule has 0 aliphatic rings. The van der Waals surface area contributed by atoms with E-state index in [2.05, 4.69) is 9.97 Å². The summed E-state index contributed by atoms with van der Waals surface area (Å²) in [6.07, 6.45) is -3.41. The van der Waals surface area contributed by atoms with Crippen molar-refractivity contribution in [2.24, 2.45) is 0 Å². The van der Waals surface area contributed by atoms with E-state index in [1.807, 2.05) is 0 Å². The van der Waals surface area contributed by atoms with Crippen LogP contribution in [0.2, 0.25) is 5.15 Å². The molecule has 0 fully saturated rings. The van der Waals surface area contributed by atoms with Crippen molar-refractivity contribution >= 4 is 11.6 Å². The Kier molecular flexibility index (Phi) is 3.21. The van der Waals surface area contributed by atoms with Gasteiger partial charge in [-0.2, -0.15) is 13.2 Å². The zero-order valence-electron chi connectivity index (χ0n) is 8.67. The SMILES string of the molecule is Fc1ccc(C(F)(F)F)c(-c2nccc(Cl)n2)c1. The molecule has 0 unspecified atom stereocenters. The average Bonchev–Trinajstić information content (AvgIpc) is 2.27. The normalized spacial score (nSPS) is 11.6. The van der Waals surface area contributed by atoms with Crippen molar-refractivity contribution in [3.05, 3.63) is 47.0 Å². The quantitative estimate of drug-likeness (QED) is 0.582. The van der Waals surface area contributed by atoms with Gasteiger partial charge < -0.3 is 0 Å². The Morgan fingerprint density at radius 3 is 2.44 bits per heavy atom. The number of hydrogen-bond donors (Lipinski definition) is 0. The van der Waals surface area contributed by atoms with Crippen LogP contribution in [-0.2, 0) is 6.18 Å². The Morgan fingerprint density at radius 1 is 1.11 bits per heavy atom. The molecular weight excluding hydrogens is 272 g/mol. The van der Waals surface area contributed by atoms with Gasteiger partial charge in [0.25, 0.3) is 0 Å². The third kappa shape index (κ3) is 2.59. The van der Waals surface area contributed by atoms with Gasteiger partial charge in [-0.3, -0.25) is 0 Å². The highest BCUT2D eigenvalue weighted by atomic mass is 35.5. The molecule has 0 saturated heterocycles. The zero-order chi connectivity index (χ0) is 13.3. The van der Waals surface area contributed by atoms with Gasteiger partial charge in [-0.05, 0) is 24.3 Å². The smallest absolute Gasteiger partial charge is 0.236 e. The van der Waals surface area contributed by atoms with Crippen molar-refractivity contribution < 1.29 is 17.6 Å². The van der Waals surface area contributed by atoms with E-state index >= 15 is 0 Å². The molecular formula is C11H5ClF4N2. The van der Waals surface area contributed by atoms with Crippen LogP contribution in [0.3, 0.4) is 0 Å². The summed E-state index contributed by atoms with van der Waals surface area (Å²) in [4.78, 5) is 7.31. The highest BCUT2D eigenvalue weighted by Crippen LogP contribution is 2.36. The van der Waals surface area contributed by atoms with E-state index in [0.717, 1.165) is 12.1 Å². The van der Waals surface area contributed by atoms with E-state index in [0.29, 0.717) is 6.07 Å². The van der Waals surface area contributed by atoms with E-state index in [9.17, 15) is 17.6 Å². The number of alkyl halides is 3. The summed E-state index contributed by atoms with van der Waals surface area (Å²) in [5.74, 6) is -1.07. The van der Waals surface area contributed by atoms with Crippen LogP contribution < -0.4 is 0 Å². The highest BCUT2D eigenvalue weighted by Gasteiger charge is 2.34. The van der Waals surface area contributed by atoms with Crippen molar-refractivity contribution in [3.8, 4) is 11.4 Å². The molecule has 7 heteroatoms. The predicted molar refractivity (Wildman–Crippen MR) is 57.4 cm³/mol. The number of rotatable bonds is 1. The number of aromatic nitrogens is 2. The van der Waals surface area contributed by atoms with Crippen LogP contribution in [0.15, 0.2) is 30.5 Å². The molecule has 0 amide bonds. The molecule has 1 heterocycles. The fraction of sp³-hybridized carbons (Fsp3) is 0.0909. The lowest BCUT2D eigenvalue weighted by Crippen LogP contribution is -2.08. The van der Waals surface area contributed by atoms with Crippen molar-refractivity contribution in [1.29, 1.82) is 0 Å². The molecule has 0 N–H and O–H groups in total. The maximum Gasteiger partial charge on any atom is 0.417 e. The minimum atomic E-state index is -4.62. The van der Waals surface area contributed by atoms with Gasteiger partial charge in [0.2, 0.25) is 0 Å². The van der Waals surface area contributed by atoms with Gasteiger partial charge in [-0.25, -0.2) is 14.4 Å². The minimum absolute atomic E-state index is 0.0163. The van der Waals surface area contributed by atoms with Crippen molar-refractivity contribution in [2.45, 2.75) is 6.18 Å². The van der Waals surface area contributed by atoms with E-state index < -0.39 is 23.1 Å². The Balaban J connectivity index is 2.66. The summed E-state index contributed by atoms with van der Waals surface area (Å²) in [6, 6.07) is 3.43. The summed E-state index contributed by atoms with van der Waals surface area (Å²) in [6.45, 7) is 0. The fourth-order valence-corrected chi connectivity index (χ4v) is 1.55. The Morgan fingerprint density at radius 2 is 1.83 bits per heavy atom. The van der Waals surface area contributed by atoms with Crippen LogP contribution >= 0.6 is 11.6 Å². The van der Waals surface area contributed by atoms with Gasteiger partial charge >= 0.3 is 6.18 Å². The monoisotopic (exact) mass is 276 g/mol. The molecule has 0 atom stereocenters. The first-order valence-corrected chi connectivity index (χ1v) is 5.11. The van der Waals surface area contributed by atoms with E-state index in [1.165, 1.54) is 12.3 Å². The molecule has 18 heavy (non-hydrogen) atoms. The van der Waals surface area contributed by atoms with Gasteiger partial charge in [0.05, 0.1) is 5.56 Å². The molecule has 0 aliphatic heterocycles. The topological polar surface area (TPSA) is 25.8 Å². The predicted octanol–water partition coefficient (Wildman–Crippen LogP) is 3.95. The summed E-state index contributed by atoms with van der Waals surface area (Å²) in [5.41, 5.74) is -1.45. The van der Waals surface area contributed by atoms with Crippen LogP contribution in [-0.4, -0.2) is 9.97 Å². The van der Waals surface area contributed by atoms with Gasteiger partial charge in [-0.1, -0.05) is 11.6 Å². The van der Waals surface area contributed by atoms with Crippen molar-refractivity contribution in [3.63, 3.8) is 0 Å². The summed E-state index contributed by atoms with van der Waals surface area (Å²) < 4.78 is 51.3. The highest BCUT2D eigenvalue weighted by molar-refractivity contribution is 6.29. The first kappa shape index (κ1) is 12.8. The zero-order valence-corrected chi connectivity index (χ0v) is 9.43. The van der Waals surface area contributed by atoms with Crippen molar-refractivity contribution in [1.82, 2.24) is 9.97 Å². The maximum atomic E-state index is 13.1. The second kappa shape index (κ2) is 4.53. The molecule has 0 bridgehead atoms. The molecule has 1 aromatic carbocycles. The molecule has 0 radical (unpaired) electrons. The van der Waals surface area contributed by atoms with Crippen LogP contribution in [0, 0.1) is 5.82 Å². The van der Waals surface area contributed by atoms with Crippen LogP contribution in [0.4, 0.5) is 17.6 Å². The standard InChI is InChI=1S/C11H5ClF4N2/c12-9-3-4-17-10(18-9)7-5-6(13)1-2-8(7)11(14,15)16/h1-5H. The average molecular weight is 277 g/mol. The Labute approximate surface area is 104 Å². The number of benzene rings is 1. The van der Waals surface area contributed by atoms with Crippen LogP contribution in [0.25, 0.3) is 11.4 Å². The van der Waals surface area contributed by atoms with Crippen LogP contribution in [0.1, 0.15) is 5.56 Å². The molecule has 0 saturated carbocycles. The van der Waals surface area contributed by atoms with E-state index in [1.54, 1.807) is 0 Å². The van der Waals surface area contributed by atoms with Gasteiger partial charge in [0, 0.05) is 11.8 Å². The molecule has 1 aromatic heterocycles. The summed E-state index contributed by atoms with van der Waals surface area (Å²) in [5, 5.41) is -0.0163. The maximum absolute atomic E-state index is 13.1. The minimum Gasteiger partial charge on any atom is -0.236 e. The lowest BCUT2D eigenvalue weighted by Gasteiger charge is -2.11. The van der Waals surface area contributed by atoms with Crippen molar-refractivity contribution in [2.75, 3.05) is 0 Å². The number of hydrogen-bond acceptors (Lipinski definition) is 2. The molecule has 0 aliphatic carbocycles. The first-order chi connectivity index (χ1) is 8.38. The number of nitrogens with zero attached hydrogens (tertiary/aromatic N) is 2. The first-order valence-electron chi connectivity index (χ1n) is 4.73. The third-order valence-corrected chi connectivity index (χ3v) is 2.36. The lowest BCUT2D eigenvalue weighted by molar-refractivity contribution is -0.137. The summed E-state index contributed by atoms with van der Waals surface area (Å²) >= 11 is 5.58. The van der Waals surface area contributed by atoms with Gasteiger partial charge in [0.1, 0.15) is 11.0 Å². The van der Waals surface area contributed by atoms with Gasteiger partial charge in [-0.15, -0.1) is 0 Å². The Bertz CT molecular complexity index is 583. The molecule has 2 rings (SSSR count). The van der Waals surface area contributed by atoms with E-state index in [4.69, 9.17) is 11.6 Å². The van der Waals surface area contributed by atoms with E-state index in [-0.39, 0.29) is 11.0 Å². The molecule has 2 aromatic rings. The van der Waals surface area contributed by atoms with Crippen LogP contribution in [0.5, 0.6) is 0 Å². The molecule has 0 spiro atoms. The Hall–Kier alpha value is -1.69. The molecule has 2 nitrogen and oxygen atoms in total. The number of halogens is 5. The lowest BCUT2D eigenvalue weighted by atomic mass is 10.1. The molecule has 94 valence electrons.